The topological polar surface area (TPSA) is 51.6 Å². The molecule has 0 saturated heterocycles. The lowest BCUT2D eigenvalue weighted by Crippen LogP contribution is -1.94. The van der Waals surface area contributed by atoms with Gasteiger partial charge in [0.2, 0.25) is 0 Å². The standard InChI is InChI=1S/C33H24N4/c1-23-17-27(19-28(18-23)26-7-6-14-34-22-26)24-10-12-25(13-11-24)29-20-32(30-8-2-4-15-35-30)37-33(21-29)31-9-3-5-16-36-31/h2-22H,1H3. The van der Waals surface area contributed by atoms with Crippen LogP contribution in [0.4, 0.5) is 0 Å². The normalized spacial score (nSPS) is 10.8. The van der Waals surface area contributed by atoms with E-state index in [9.17, 15) is 0 Å². The van der Waals surface area contributed by atoms with Crippen molar-refractivity contribution in [2.24, 2.45) is 0 Å². The number of hydrogen-bond acceptors (Lipinski definition) is 4. The van der Waals surface area contributed by atoms with Crippen molar-refractivity contribution in [3.63, 3.8) is 0 Å². The van der Waals surface area contributed by atoms with Crippen LogP contribution in [0.15, 0.2) is 128 Å². The highest BCUT2D eigenvalue weighted by molar-refractivity contribution is 5.78. The predicted octanol–water partition coefficient (Wildman–Crippen LogP) is 7.91. The number of pyridine rings is 4. The van der Waals surface area contributed by atoms with Crippen molar-refractivity contribution < 1.29 is 0 Å². The molecule has 0 amide bonds. The van der Waals surface area contributed by atoms with Crippen LogP contribution in [0.2, 0.25) is 0 Å². The zero-order valence-corrected chi connectivity index (χ0v) is 20.4. The Kier molecular flexibility index (Phi) is 6.05. The number of aromatic nitrogens is 4. The Morgan fingerprint density at radius 2 is 1.00 bits per heavy atom. The molecule has 0 radical (unpaired) electrons. The van der Waals surface area contributed by atoms with E-state index in [0.717, 1.165) is 39.5 Å². The summed E-state index contributed by atoms with van der Waals surface area (Å²) in [5.41, 5.74) is 11.3. The summed E-state index contributed by atoms with van der Waals surface area (Å²) in [6, 6.07) is 35.3. The average molecular weight is 477 g/mol. The SMILES string of the molecule is Cc1cc(-c2ccc(-c3cc(-c4ccccn4)nc(-c4ccccn4)c3)cc2)cc(-c2cccnc2)c1. The van der Waals surface area contributed by atoms with Crippen LogP contribution in [0.25, 0.3) is 56.2 Å². The number of benzene rings is 2. The minimum absolute atomic E-state index is 0.822. The summed E-state index contributed by atoms with van der Waals surface area (Å²) in [7, 11) is 0. The number of nitrogens with zero attached hydrogens (tertiary/aromatic N) is 4. The predicted molar refractivity (Wildman–Crippen MR) is 150 cm³/mol. The van der Waals surface area contributed by atoms with Gasteiger partial charge in [-0.05, 0) is 88.8 Å². The Bertz CT molecular complexity index is 1590. The first-order valence-electron chi connectivity index (χ1n) is 12.2. The maximum Gasteiger partial charge on any atom is 0.0900 e. The molecule has 0 aliphatic carbocycles. The molecule has 6 aromatic rings. The fourth-order valence-electron chi connectivity index (χ4n) is 4.49. The minimum Gasteiger partial charge on any atom is -0.264 e. The Hall–Kier alpha value is -4.96. The van der Waals surface area contributed by atoms with Gasteiger partial charge in [0.15, 0.2) is 0 Å². The zero-order valence-electron chi connectivity index (χ0n) is 20.4. The van der Waals surface area contributed by atoms with Crippen molar-refractivity contribution in [1.82, 2.24) is 19.9 Å². The molecule has 0 saturated carbocycles. The van der Waals surface area contributed by atoms with E-state index in [1.165, 1.54) is 22.3 Å². The van der Waals surface area contributed by atoms with Crippen LogP contribution in [0.1, 0.15) is 5.56 Å². The van der Waals surface area contributed by atoms with Crippen molar-refractivity contribution in [2.45, 2.75) is 6.92 Å². The first-order chi connectivity index (χ1) is 18.2. The van der Waals surface area contributed by atoms with Crippen LogP contribution in [0.3, 0.4) is 0 Å². The number of aryl methyl sites for hydroxylation is 1. The Balaban J connectivity index is 1.40. The molecule has 0 bridgehead atoms. The molecule has 37 heavy (non-hydrogen) atoms. The van der Waals surface area contributed by atoms with Gasteiger partial charge in [-0.25, -0.2) is 4.98 Å². The van der Waals surface area contributed by atoms with Crippen LogP contribution >= 0.6 is 0 Å². The van der Waals surface area contributed by atoms with Gasteiger partial charge in [-0.3, -0.25) is 15.0 Å². The maximum atomic E-state index is 4.88. The monoisotopic (exact) mass is 476 g/mol. The van der Waals surface area contributed by atoms with Crippen LogP contribution < -0.4 is 0 Å². The van der Waals surface area contributed by atoms with Gasteiger partial charge in [-0.15, -0.1) is 0 Å². The smallest absolute Gasteiger partial charge is 0.0900 e. The first-order valence-corrected chi connectivity index (χ1v) is 12.2. The Morgan fingerprint density at radius 3 is 1.51 bits per heavy atom. The Morgan fingerprint density at radius 1 is 0.432 bits per heavy atom. The maximum absolute atomic E-state index is 4.88. The van der Waals surface area contributed by atoms with Gasteiger partial charge in [-0.1, -0.05) is 54.6 Å². The molecule has 0 aliphatic rings. The third kappa shape index (κ3) is 4.91. The van der Waals surface area contributed by atoms with Gasteiger partial charge in [0.25, 0.3) is 0 Å². The van der Waals surface area contributed by atoms with Crippen LogP contribution in [-0.4, -0.2) is 19.9 Å². The molecule has 4 heteroatoms. The summed E-state index contributed by atoms with van der Waals surface area (Å²) in [4.78, 5) is 18.2. The summed E-state index contributed by atoms with van der Waals surface area (Å²) >= 11 is 0. The highest BCUT2D eigenvalue weighted by Gasteiger charge is 2.11. The highest BCUT2D eigenvalue weighted by atomic mass is 14.8. The molecule has 2 aromatic carbocycles. The summed E-state index contributed by atoms with van der Waals surface area (Å²) in [6.07, 6.45) is 7.29. The average Bonchev–Trinajstić information content (AvgIpc) is 2.98. The molecule has 176 valence electrons. The molecule has 0 spiro atoms. The third-order valence-corrected chi connectivity index (χ3v) is 6.30. The van der Waals surface area contributed by atoms with Crippen molar-refractivity contribution in [3.8, 4) is 56.2 Å². The summed E-state index contributed by atoms with van der Waals surface area (Å²) in [5.74, 6) is 0. The lowest BCUT2D eigenvalue weighted by Gasteiger charge is -2.11. The van der Waals surface area contributed by atoms with Gasteiger partial charge in [0, 0.05) is 30.4 Å². The van der Waals surface area contributed by atoms with Gasteiger partial charge >= 0.3 is 0 Å². The van der Waals surface area contributed by atoms with Crippen molar-refractivity contribution in [2.75, 3.05) is 0 Å². The van der Waals surface area contributed by atoms with E-state index < -0.39 is 0 Å². The quantitative estimate of drug-likeness (QED) is 0.254. The van der Waals surface area contributed by atoms with Gasteiger partial charge in [0.05, 0.1) is 22.8 Å². The van der Waals surface area contributed by atoms with Crippen LogP contribution in [0, 0.1) is 6.92 Å². The van der Waals surface area contributed by atoms with E-state index in [1.807, 2.05) is 48.7 Å². The molecule has 0 fully saturated rings. The first kappa shape index (κ1) is 22.5. The fourth-order valence-corrected chi connectivity index (χ4v) is 4.49. The second-order valence-corrected chi connectivity index (χ2v) is 8.96. The zero-order chi connectivity index (χ0) is 25.0. The van der Waals surface area contributed by atoms with E-state index in [1.54, 1.807) is 18.6 Å². The third-order valence-electron chi connectivity index (χ3n) is 6.30. The molecule has 4 aromatic heterocycles. The largest absolute Gasteiger partial charge is 0.264 e. The molecule has 0 N–H and O–H groups in total. The van der Waals surface area contributed by atoms with Gasteiger partial charge < -0.3 is 0 Å². The minimum atomic E-state index is 0.822. The van der Waals surface area contributed by atoms with Crippen molar-refractivity contribution in [1.29, 1.82) is 0 Å². The van der Waals surface area contributed by atoms with Crippen molar-refractivity contribution >= 4 is 0 Å². The molecule has 4 nitrogen and oxygen atoms in total. The second kappa shape index (κ2) is 9.96. The summed E-state index contributed by atoms with van der Waals surface area (Å²) in [5, 5.41) is 0. The number of rotatable bonds is 5. The van der Waals surface area contributed by atoms with Gasteiger partial charge in [0.1, 0.15) is 0 Å². The Labute approximate surface area is 216 Å². The fraction of sp³-hybridized carbons (Fsp3) is 0.0303. The summed E-state index contributed by atoms with van der Waals surface area (Å²) in [6.45, 7) is 2.13. The van der Waals surface area contributed by atoms with E-state index in [0.29, 0.717) is 0 Å². The van der Waals surface area contributed by atoms with Gasteiger partial charge in [-0.2, -0.15) is 0 Å². The lowest BCUT2D eigenvalue weighted by atomic mass is 9.95. The molecule has 6 rings (SSSR count). The van der Waals surface area contributed by atoms with E-state index >= 15 is 0 Å². The molecule has 4 heterocycles. The van der Waals surface area contributed by atoms with Crippen molar-refractivity contribution in [3.05, 3.63) is 133 Å². The highest BCUT2D eigenvalue weighted by Crippen LogP contribution is 2.32. The molecular formula is C33H24N4. The summed E-state index contributed by atoms with van der Waals surface area (Å²) < 4.78 is 0. The molecule has 0 atom stereocenters. The number of hydrogen-bond donors (Lipinski definition) is 0. The second-order valence-electron chi connectivity index (χ2n) is 8.96. The van der Waals surface area contributed by atoms with Crippen LogP contribution in [0.5, 0.6) is 0 Å². The van der Waals surface area contributed by atoms with E-state index in [-0.39, 0.29) is 0 Å². The van der Waals surface area contributed by atoms with E-state index in [2.05, 4.69) is 82.5 Å². The van der Waals surface area contributed by atoms with E-state index in [4.69, 9.17) is 4.98 Å². The molecule has 0 unspecified atom stereocenters. The molecular weight excluding hydrogens is 452 g/mol. The lowest BCUT2D eigenvalue weighted by molar-refractivity contribution is 1.22. The van der Waals surface area contributed by atoms with Crippen LogP contribution in [-0.2, 0) is 0 Å². The molecule has 0 aliphatic heterocycles.